The molecule has 0 aliphatic carbocycles. The second-order valence-corrected chi connectivity index (χ2v) is 4.55. The number of carbonyl (C=O) groups is 1. The van der Waals surface area contributed by atoms with Crippen LogP contribution in [0.4, 0.5) is 0 Å². The molecule has 1 atom stereocenters. The zero-order chi connectivity index (χ0) is 12.3. The van der Waals surface area contributed by atoms with Gasteiger partial charge in [0.15, 0.2) is 0 Å². The molecule has 1 fully saturated rings. The SMILES string of the molecule is CNC1CCCN(Cc2ccc(C)nc2)C1=O. The Hall–Kier alpha value is -1.42. The quantitative estimate of drug-likeness (QED) is 0.850. The Kier molecular flexibility index (Phi) is 3.74. The number of rotatable bonds is 3. The summed E-state index contributed by atoms with van der Waals surface area (Å²) in [6.45, 7) is 3.49. The van der Waals surface area contributed by atoms with Gasteiger partial charge in [0.1, 0.15) is 0 Å². The molecule has 1 unspecified atom stereocenters. The molecule has 0 bridgehead atoms. The molecular weight excluding hydrogens is 214 g/mol. The lowest BCUT2D eigenvalue weighted by molar-refractivity contribution is -0.136. The van der Waals surface area contributed by atoms with Crippen molar-refractivity contribution in [1.29, 1.82) is 0 Å². The van der Waals surface area contributed by atoms with E-state index in [1.807, 2.05) is 37.2 Å². The molecule has 1 amide bonds. The van der Waals surface area contributed by atoms with Crippen molar-refractivity contribution in [1.82, 2.24) is 15.2 Å². The molecule has 1 aliphatic heterocycles. The van der Waals surface area contributed by atoms with E-state index in [0.717, 1.165) is 30.6 Å². The molecule has 0 saturated carbocycles. The highest BCUT2D eigenvalue weighted by Crippen LogP contribution is 2.14. The zero-order valence-electron chi connectivity index (χ0n) is 10.4. The third kappa shape index (κ3) is 2.82. The molecule has 4 nitrogen and oxygen atoms in total. The fourth-order valence-corrected chi connectivity index (χ4v) is 2.18. The van der Waals surface area contributed by atoms with Crippen molar-refractivity contribution in [2.24, 2.45) is 0 Å². The van der Waals surface area contributed by atoms with Gasteiger partial charge in [0.05, 0.1) is 6.04 Å². The van der Waals surface area contributed by atoms with Crippen LogP contribution in [0.1, 0.15) is 24.1 Å². The van der Waals surface area contributed by atoms with Crippen molar-refractivity contribution in [3.8, 4) is 0 Å². The molecule has 4 heteroatoms. The van der Waals surface area contributed by atoms with Gasteiger partial charge in [0.2, 0.25) is 5.91 Å². The van der Waals surface area contributed by atoms with Crippen molar-refractivity contribution in [2.45, 2.75) is 32.4 Å². The van der Waals surface area contributed by atoms with Crippen molar-refractivity contribution < 1.29 is 4.79 Å². The maximum Gasteiger partial charge on any atom is 0.239 e. The largest absolute Gasteiger partial charge is 0.337 e. The van der Waals surface area contributed by atoms with Crippen LogP contribution in [0.2, 0.25) is 0 Å². The highest BCUT2D eigenvalue weighted by molar-refractivity contribution is 5.82. The number of hydrogen-bond donors (Lipinski definition) is 1. The maximum atomic E-state index is 12.1. The van der Waals surface area contributed by atoms with Crippen LogP contribution in [0.25, 0.3) is 0 Å². The summed E-state index contributed by atoms with van der Waals surface area (Å²) in [5, 5.41) is 3.07. The van der Waals surface area contributed by atoms with Gasteiger partial charge in [-0.1, -0.05) is 6.07 Å². The van der Waals surface area contributed by atoms with Gasteiger partial charge >= 0.3 is 0 Å². The summed E-state index contributed by atoms with van der Waals surface area (Å²) in [4.78, 5) is 18.2. The first-order chi connectivity index (χ1) is 8.20. The lowest BCUT2D eigenvalue weighted by Crippen LogP contribution is -2.49. The second kappa shape index (κ2) is 5.27. The monoisotopic (exact) mass is 233 g/mol. The summed E-state index contributed by atoms with van der Waals surface area (Å²) < 4.78 is 0. The zero-order valence-corrected chi connectivity index (χ0v) is 10.4. The third-order valence-corrected chi connectivity index (χ3v) is 3.23. The van der Waals surface area contributed by atoms with Crippen LogP contribution < -0.4 is 5.32 Å². The number of hydrogen-bond acceptors (Lipinski definition) is 3. The van der Waals surface area contributed by atoms with E-state index in [9.17, 15) is 4.79 Å². The normalized spacial score (nSPS) is 20.7. The molecule has 2 heterocycles. The van der Waals surface area contributed by atoms with Crippen molar-refractivity contribution in [3.63, 3.8) is 0 Å². The van der Waals surface area contributed by atoms with Crippen LogP contribution in [0.5, 0.6) is 0 Å². The number of pyridine rings is 1. The van der Waals surface area contributed by atoms with Crippen LogP contribution in [0.15, 0.2) is 18.3 Å². The molecule has 92 valence electrons. The fraction of sp³-hybridized carbons (Fsp3) is 0.538. The molecule has 17 heavy (non-hydrogen) atoms. The number of likely N-dealkylation sites (N-methyl/N-ethyl adjacent to an activating group) is 1. The van der Waals surface area contributed by atoms with Gasteiger partial charge in [-0.15, -0.1) is 0 Å². The van der Waals surface area contributed by atoms with Gasteiger partial charge in [0, 0.05) is 25.0 Å². The first-order valence-corrected chi connectivity index (χ1v) is 6.08. The first kappa shape index (κ1) is 12.0. The minimum absolute atomic E-state index is 0.0119. The van der Waals surface area contributed by atoms with Crippen LogP contribution in [-0.2, 0) is 11.3 Å². The molecule has 1 aliphatic rings. The van der Waals surface area contributed by atoms with Gasteiger partial charge in [-0.3, -0.25) is 9.78 Å². The molecule has 1 aromatic rings. The number of nitrogens with zero attached hydrogens (tertiary/aromatic N) is 2. The summed E-state index contributed by atoms with van der Waals surface area (Å²) in [5.41, 5.74) is 2.10. The summed E-state index contributed by atoms with van der Waals surface area (Å²) in [6, 6.07) is 4.01. The Balaban J connectivity index is 2.02. The molecule has 0 spiro atoms. The van der Waals surface area contributed by atoms with E-state index in [1.54, 1.807) is 0 Å². The van der Waals surface area contributed by atoms with Crippen LogP contribution in [0.3, 0.4) is 0 Å². The summed E-state index contributed by atoms with van der Waals surface area (Å²) in [7, 11) is 1.85. The summed E-state index contributed by atoms with van der Waals surface area (Å²) >= 11 is 0. The summed E-state index contributed by atoms with van der Waals surface area (Å²) in [6.07, 6.45) is 3.86. The standard InChI is InChI=1S/C13H19N3O/c1-10-5-6-11(8-15-10)9-16-7-3-4-12(14-2)13(16)17/h5-6,8,12,14H,3-4,7,9H2,1-2H3. The number of amides is 1. The summed E-state index contributed by atoms with van der Waals surface area (Å²) in [5.74, 6) is 0.208. The van der Waals surface area contributed by atoms with Gasteiger partial charge in [-0.25, -0.2) is 0 Å². The van der Waals surface area contributed by atoms with E-state index in [2.05, 4.69) is 10.3 Å². The minimum atomic E-state index is -0.0119. The highest BCUT2D eigenvalue weighted by Gasteiger charge is 2.27. The number of nitrogens with one attached hydrogen (secondary N) is 1. The van der Waals surface area contributed by atoms with Crippen molar-refractivity contribution >= 4 is 5.91 Å². The van der Waals surface area contributed by atoms with E-state index in [-0.39, 0.29) is 11.9 Å². The van der Waals surface area contributed by atoms with Crippen molar-refractivity contribution in [2.75, 3.05) is 13.6 Å². The Bertz CT molecular complexity index is 388. The average molecular weight is 233 g/mol. The molecule has 2 rings (SSSR count). The molecule has 1 aromatic heterocycles. The smallest absolute Gasteiger partial charge is 0.239 e. The topological polar surface area (TPSA) is 45.2 Å². The van der Waals surface area contributed by atoms with Gasteiger partial charge in [-0.05, 0) is 38.4 Å². The number of carbonyl (C=O) groups excluding carboxylic acids is 1. The third-order valence-electron chi connectivity index (χ3n) is 3.23. The van der Waals surface area contributed by atoms with Gasteiger partial charge in [-0.2, -0.15) is 0 Å². The molecule has 0 aromatic carbocycles. The Morgan fingerprint density at radius 1 is 1.53 bits per heavy atom. The van der Waals surface area contributed by atoms with Crippen LogP contribution in [0, 0.1) is 6.92 Å². The Morgan fingerprint density at radius 2 is 2.35 bits per heavy atom. The van der Waals surface area contributed by atoms with E-state index in [4.69, 9.17) is 0 Å². The molecular formula is C13H19N3O. The second-order valence-electron chi connectivity index (χ2n) is 4.55. The molecule has 0 radical (unpaired) electrons. The number of likely N-dealkylation sites (tertiary alicyclic amines) is 1. The average Bonchev–Trinajstić information content (AvgIpc) is 2.35. The Labute approximate surface area is 102 Å². The van der Waals surface area contributed by atoms with Crippen LogP contribution in [-0.4, -0.2) is 35.4 Å². The number of piperidine rings is 1. The number of aryl methyl sites for hydroxylation is 1. The predicted molar refractivity (Wildman–Crippen MR) is 66.5 cm³/mol. The van der Waals surface area contributed by atoms with Gasteiger partial charge in [0.25, 0.3) is 0 Å². The predicted octanol–water partition coefficient (Wildman–Crippen LogP) is 1.10. The fourth-order valence-electron chi connectivity index (χ4n) is 2.18. The van der Waals surface area contributed by atoms with E-state index in [1.165, 1.54) is 0 Å². The van der Waals surface area contributed by atoms with Crippen LogP contribution >= 0.6 is 0 Å². The van der Waals surface area contributed by atoms with E-state index in [0.29, 0.717) is 6.54 Å². The van der Waals surface area contributed by atoms with E-state index >= 15 is 0 Å². The Morgan fingerprint density at radius 3 is 3.00 bits per heavy atom. The van der Waals surface area contributed by atoms with E-state index < -0.39 is 0 Å². The lowest BCUT2D eigenvalue weighted by Gasteiger charge is -2.32. The maximum absolute atomic E-state index is 12.1. The molecule has 1 N–H and O–H groups in total. The number of aromatic nitrogens is 1. The highest BCUT2D eigenvalue weighted by atomic mass is 16.2. The molecule has 1 saturated heterocycles. The van der Waals surface area contributed by atoms with Crippen molar-refractivity contribution in [3.05, 3.63) is 29.6 Å². The van der Waals surface area contributed by atoms with Gasteiger partial charge < -0.3 is 10.2 Å². The minimum Gasteiger partial charge on any atom is -0.337 e. The lowest BCUT2D eigenvalue weighted by atomic mass is 10.0. The first-order valence-electron chi connectivity index (χ1n) is 6.08.